The summed E-state index contributed by atoms with van der Waals surface area (Å²) in [5, 5.41) is 4.76. The zero-order valence-electron chi connectivity index (χ0n) is 12.1. The number of hydrogen-bond acceptors (Lipinski definition) is 4. The van der Waals surface area contributed by atoms with Gasteiger partial charge in [-0.3, -0.25) is 0 Å². The Morgan fingerprint density at radius 3 is 2.84 bits per heavy atom. The highest BCUT2D eigenvalue weighted by molar-refractivity contribution is 7.11. The molecule has 3 unspecified atom stereocenters. The van der Waals surface area contributed by atoms with Gasteiger partial charge in [-0.25, -0.2) is 4.98 Å². The van der Waals surface area contributed by atoms with E-state index in [9.17, 15) is 0 Å². The number of fused-ring (bicyclic) bond motifs is 2. The number of rotatable bonds is 5. The lowest BCUT2D eigenvalue weighted by atomic mass is 9.90. The Morgan fingerprint density at radius 2 is 2.26 bits per heavy atom. The molecular weight excluding hydrogens is 256 g/mol. The van der Waals surface area contributed by atoms with Crippen LogP contribution in [0, 0.1) is 0 Å². The summed E-state index contributed by atoms with van der Waals surface area (Å²) in [6, 6.07) is 0. The molecule has 0 aromatic carbocycles. The molecule has 0 saturated carbocycles. The van der Waals surface area contributed by atoms with E-state index in [2.05, 4.69) is 26.1 Å². The zero-order chi connectivity index (χ0) is 13.4. The molecule has 3 heterocycles. The van der Waals surface area contributed by atoms with Crippen LogP contribution in [0.4, 0.5) is 0 Å². The van der Waals surface area contributed by atoms with E-state index in [1.165, 1.54) is 34.8 Å². The fourth-order valence-electron chi connectivity index (χ4n) is 3.25. The number of thiazole rings is 1. The molecule has 106 valence electrons. The number of aromatic nitrogens is 1. The minimum atomic E-state index is 0.447. The van der Waals surface area contributed by atoms with Crippen molar-refractivity contribution in [3.8, 4) is 0 Å². The molecule has 2 bridgehead atoms. The highest BCUT2D eigenvalue weighted by Gasteiger charge is 2.43. The fourth-order valence-corrected chi connectivity index (χ4v) is 4.61. The van der Waals surface area contributed by atoms with Crippen molar-refractivity contribution in [3.05, 3.63) is 15.6 Å². The number of ether oxygens (including phenoxy) is 1. The van der Waals surface area contributed by atoms with E-state index >= 15 is 0 Å². The van der Waals surface area contributed by atoms with Crippen LogP contribution in [0.2, 0.25) is 0 Å². The first-order valence-corrected chi connectivity index (χ1v) is 8.36. The van der Waals surface area contributed by atoms with Gasteiger partial charge in [0.15, 0.2) is 0 Å². The minimum absolute atomic E-state index is 0.447. The van der Waals surface area contributed by atoms with Crippen molar-refractivity contribution in [3.63, 3.8) is 0 Å². The summed E-state index contributed by atoms with van der Waals surface area (Å²) in [5.74, 6) is 1.08. The Balaban J connectivity index is 1.82. The fraction of sp³-hybridized carbons (Fsp3) is 0.800. The van der Waals surface area contributed by atoms with Gasteiger partial charge in [0.1, 0.15) is 0 Å². The van der Waals surface area contributed by atoms with Crippen molar-refractivity contribution < 1.29 is 4.74 Å². The Labute approximate surface area is 119 Å². The molecule has 2 aliphatic heterocycles. The first kappa shape index (κ1) is 13.5. The standard InChI is InChI=1S/C15H24N2OS/c1-4-16-8-13-14(9(2)3)17-15(19-13)11-7-10-5-6-12(11)18-10/h9-12,16H,4-8H2,1-3H3. The van der Waals surface area contributed by atoms with Crippen LogP contribution >= 0.6 is 11.3 Å². The average molecular weight is 280 g/mol. The molecule has 3 atom stereocenters. The summed E-state index contributed by atoms with van der Waals surface area (Å²) >= 11 is 1.91. The first-order valence-electron chi connectivity index (χ1n) is 7.54. The summed E-state index contributed by atoms with van der Waals surface area (Å²) in [6.07, 6.45) is 4.64. The van der Waals surface area contributed by atoms with Gasteiger partial charge in [0, 0.05) is 17.3 Å². The highest BCUT2D eigenvalue weighted by Crippen LogP contribution is 2.46. The third-order valence-electron chi connectivity index (χ3n) is 4.25. The minimum Gasteiger partial charge on any atom is -0.374 e. The third kappa shape index (κ3) is 2.58. The summed E-state index contributed by atoms with van der Waals surface area (Å²) in [4.78, 5) is 6.39. The van der Waals surface area contributed by atoms with E-state index in [0.29, 0.717) is 24.0 Å². The van der Waals surface area contributed by atoms with Gasteiger partial charge in [-0.2, -0.15) is 0 Å². The van der Waals surface area contributed by atoms with Crippen LogP contribution in [0.5, 0.6) is 0 Å². The lowest BCUT2D eigenvalue weighted by molar-refractivity contribution is 0.100. The van der Waals surface area contributed by atoms with Gasteiger partial charge in [0.25, 0.3) is 0 Å². The molecule has 0 amide bonds. The molecule has 2 saturated heterocycles. The molecule has 3 rings (SSSR count). The second kappa shape index (κ2) is 5.51. The second-order valence-electron chi connectivity index (χ2n) is 6.01. The monoisotopic (exact) mass is 280 g/mol. The Bertz CT molecular complexity index is 443. The third-order valence-corrected chi connectivity index (χ3v) is 5.45. The summed E-state index contributed by atoms with van der Waals surface area (Å²) in [7, 11) is 0. The normalized spacial score (nSPS) is 29.6. The molecule has 4 heteroatoms. The van der Waals surface area contributed by atoms with E-state index in [1.807, 2.05) is 11.3 Å². The lowest BCUT2D eigenvalue weighted by Crippen LogP contribution is -2.14. The van der Waals surface area contributed by atoms with Gasteiger partial charge >= 0.3 is 0 Å². The topological polar surface area (TPSA) is 34.1 Å². The van der Waals surface area contributed by atoms with Crippen molar-refractivity contribution in [2.24, 2.45) is 0 Å². The Morgan fingerprint density at radius 1 is 1.42 bits per heavy atom. The van der Waals surface area contributed by atoms with Crippen molar-refractivity contribution in [2.75, 3.05) is 6.54 Å². The SMILES string of the molecule is CCNCc1sc(C2CC3CCC2O3)nc1C(C)C. The van der Waals surface area contributed by atoms with Crippen LogP contribution in [0.25, 0.3) is 0 Å². The molecule has 3 nitrogen and oxygen atoms in total. The quantitative estimate of drug-likeness (QED) is 0.897. The summed E-state index contributed by atoms with van der Waals surface area (Å²) < 4.78 is 5.98. The Kier molecular flexibility index (Phi) is 3.92. The molecule has 0 radical (unpaired) electrons. The van der Waals surface area contributed by atoms with E-state index < -0.39 is 0 Å². The predicted octanol–water partition coefficient (Wildman–Crippen LogP) is 3.41. The number of nitrogens with zero attached hydrogens (tertiary/aromatic N) is 1. The van der Waals surface area contributed by atoms with E-state index in [4.69, 9.17) is 9.72 Å². The van der Waals surface area contributed by atoms with Gasteiger partial charge in [0.2, 0.25) is 0 Å². The highest BCUT2D eigenvalue weighted by atomic mass is 32.1. The number of nitrogens with one attached hydrogen (secondary N) is 1. The van der Waals surface area contributed by atoms with Gasteiger partial charge < -0.3 is 10.1 Å². The van der Waals surface area contributed by atoms with Crippen molar-refractivity contribution in [1.82, 2.24) is 10.3 Å². The van der Waals surface area contributed by atoms with Gasteiger partial charge in [-0.15, -0.1) is 11.3 Å². The lowest BCUT2D eigenvalue weighted by Gasteiger charge is -2.15. The first-order chi connectivity index (χ1) is 9.19. The average Bonchev–Trinajstić information content (AvgIpc) is 3.09. The van der Waals surface area contributed by atoms with Gasteiger partial charge in [0.05, 0.1) is 22.9 Å². The second-order valence-corrected chi connectivity index (χ2v) is 7.13. The van der Waals surface area contributed by atoms with Crippen LogP contribution in [-0.4, -0.2) is 23.7 Å². The molecular formula is C15H24N2OS. The van der Waals surface area contributed by atoms with E-state index in [0.717, 1.165) is 13.1 Å². The van der Waals surface area contributed by atoms with E-state index in [-0.39, 0.29) is 0 Å². The Hall–Kier alpha value is -0.450. The largest absolute Gasteiger partial charge is 0.374 e. The predicted molar refractivity (Wildman–Crippen MR) is 78.8 cm³/mol. The molecule has 1 aromatic rings. The van der Waals surface area contributed by atoms with Crippen molar-refractivity contribution >= 4 is 11.3 Å². The maximum atomic E-state index is 5.98. The van der Waals surface area contributed by atoms with E-state index in [1.54, 1.807) is 0 Å². The molecule has 0 aliphatic carbocycles. The van der Waals surface area contributed by atoms with Crippen molar-refractivity contribution in [1.29, 1.82) is 0 Å². The van der Waals surface area contributed by atoms with Gasteiger partial charge in [-0.05, 0) is 31.7 Å². The zero-order valence-corrected chi connectivity index (χ0v) is 12.9. The maximum absolute atomic E-state index is 5.98. The number of hydrogen-bond donors (Lipinski definition) is 1. The molecule has 1 aromatic heterocycles. The van der Waals surface area contributed by atoms with Crippen LogP contribution < -0.4 is 5.32 Å². The summed E-state index contributed by atoms with van der Waals surface area (Å²) in [5.41, 5.74) is 1.30. The smallest absolute Gasteiger partial charge is 0.0989 e. The molecule has 0 spiro atoms. The molecule has 2 fully saturated rings. The van der Waals surface area contributed by atoms with Gasteiger partial charge in [-0.1, -0.05) is 20.8 Å². The van der Waals surface area contributed by atoms with Crippen LogP contribution in [0.3, 0.4) is 0 Å². The van der Waals surface area contributed by atoms with Crippen LogP contribution in [-0.2, 0) is 11.3 Å². The van der Waals surface area contributed by atoms with Crippen molar-refractivity contribution in [2.45, 2.75) is 70.6 Å². The maximum Gasteiger partial charge on any atom is 0.0989 e. The van der Waals surface area contributed by atoms with Crippen LogP contribution in [0.15, 0.2) is 0 Å². The van der Waals surface area contributed by atoms with Crippen LogP contribution in [0.1, 0.15) is 67.4 Å². The molecule has 2 aliphatic rings. The summed E-state index contributed by atoms with van der Waals surface area (Å²) in [6.45, 7) is 8.61. The molecule has 19 heavy (non-hydrogen) atoms. The molecule has 1 N–H and O–H groups in total.